The Labute approximate surface area is 158 Å². The highest BCUT2D eigenvalue weighted by molar-refractivity contribution is 5.92. The summed E-state index contributed by atoms with van der Waals surface area (Å²) in [5.74, 6) is -1.11. The lowest BCUT2D eigenvalue weighted by atomic mass is 10.1. The van der Waals surface area contributed by atoms with Crippen LogP contribution in [0.3, 0.4) is 0 Å². The highest BCUT2D eigenvalue weighted by Gasteiger charge is 2.29. The van der Waals surface area contributed by atoms with Crippen LogP contribution in [0.2, 0.25) is 0 Å². The molecule has 142 valence electrons. The van der Waals surface area contributed by atoms with Crippen LogP contribution >= 0.6 is 0 Å². The summed E-state index contributed by atoms with van der Waals surface area (Å²) in [6.45, 7) is -0.156. The van der Waals surface area contributed by atoms with Crippen LogP contribution in [-0.4, -0.2) is 21.1 Å². The molecule has 2 aromatic carbocycles. The average Bonchev–Trinajstić information content (AvgIpc) is 2.66. The number of carbonyl (C=O) groups is 1. The maximum atomic E-state index is 14.2. The van der Waals surface area contributed by atoms with Gasteiger partial charge in [-0.25, -0.2) is 14.2 Å². The first-order valence-electron chi connectivity index (χ1n) is 8.12. The molecule has 0 saturated heterocycles. The van der Waals surface area contributed by atoms with E-state index in [0.29, 0.717) is 5.56 Å². The molecule has 8 nitrogen and oxygen atoms in total. The van der Waals surface area contributed by atoms with Crippen LogP contribution in [0.15, 0.2) is 60.7 Å². The molecular formula is C19H15FN4O4. The van der Waals surface area contributed by atoms with Crippen molar-refractivity contribution in [1.82, 2.24) is 4.98 Å². The second-order valence-electron chi connectivity index (χ2n) is 5.85. The third-order valence-electron chi connectivity index (χ3n) is 4.04. The molecule has 1 aromatic heterocycles. The van der Waals surface area contributed by atoms with Crippen LogP contribution in [0.25, 0.3) is 11.3 Å². The second kappa shape index (κ2) is 7.70. The summed E-state index contributed by atoms with van der Waals surface area (Å²) < 4.78 is 14.2. The number of hydrogen-bond acceptors (Lipinski definition) is 5. The second-order valence-corrected chi connectivity index (χ2v) is 5.85. The van der Waals surface area contributed by atoms with Gasteiger partial charge in [-0.05, 0) is 23.8 Å². The van der Waals surface area contributed by atoms with Crippen molar-refractivity contribution in [1.29, 1.82) is 0 Å². The first-order chi connectivity index (χ1) is 13.4. The summed E-state index contributed by atoms with van der Waals surface area (Å²) in [6.07, 6.45) is -1.42. The Balaban J connectivity index is 2.19. The van der Waals surface area contributed by atoms with Crippen molar-refractivity contribution in [3.05, 3.63) is 82.2 Å². The first kappa shape index (κ1) is 18.8. The number of rotatable bonds is 5. The van der Waals surface area contributed by atoms with Crippen LogP contribution in [0.5, 0.6) is 0 Å². The van der Waals surface area contributed by atoms with Crippen molar-refractivity contribution < 1.29 is 19.2 Å². The van der Waals surface area contributed by atoms with Crippen LogP contribution in [0.4, 0.5) is 26.4 Å². The smallest absolute Gasteiger partial charge is 0.412 e. The number of anilines is 2. The Morgan fingerprint density at radius 1 is 1.18 bits per heavy atom. The van der Waals surface area contributed by atoms with Gasteiger partial charge >= 0.3 is 11.8 Å². The van der Waals surface area contributed by atoms with Gasteiger partial charge in [0, 0.05) is 5.56 Å². The monoisotopic (exact) mass is 382 g/mol. The normalized spacial score (nSPS) is 10.5. The summed E-state index contributed by atoms with van der Waals surface area (Å²) in [7, 11) is 0. The van der Waals surface area contributed by atoms with Gasteiger partial charge in [0.05, 0.1) is 17.2 Å². The van der Waals surface area contributed by atoms with Crippen LogP contribution in [-0.2, 0) is 6.54 Å². The van der Waals surface area contributed by atoms with E-state index in [9.17, 15) is 24.4 Å². The molecule has 0 bridgehead atoms. The van der Waals surface area contributed by atoms with E-state index in [1.165, 1.54) is 18.2 Å². The Bertz CT molecular complexity index is 1040. The molecule has 0 aliphatic heterocycles. The molecule has 0 aliphatic rings. The molecule has 28 heavy (non-hydrogen) atoms. The summed E-state index contributed by atoms with van der Waals surface area (Å²) in [6, 6.07) is 15.4. The fourth-order valence-electron chi connectivity index (χ4n) is 2.77. The van der Waals surface area contributed by atoms with Gasteiger partial charge in [0.2, 0.25) is 5.82 Å². The molecular weight excluding hydrogens is 367 g/mol. The molecule has 0 radical (unpaired) electrons. The van der Waals surface area contributed by atoms with Gasteiger partial charge in [0.1, 0.15) is 11.5 Å². The lowest BCUT2D eigenvalue weighted by Gasteiger charge is -2.20. The number of amides is 1. The third kappa shape index (κ3) is 3.73. The van der Waals surface area contributed by atoms with Crippen molar-refractivity contribution in [2.24, 2.45) is 0 Å². The summed E-state index contributed by atoms with van der Waals surface area (Å²) in [5.41, 5.74) is 5.47. The zero-order chi connectivity index (χ0) is 20.3. The van der Waals surface area contributed by atoms with Crippen LogP contribution < -0.4 is 10.6 Å². The molecule has 0 spiro atoms. The number of carboxylic acid groups (broad SMARTS) is 1. The van der Waals surface area contributed by atoms with E-state index >= 15 is 0 Å². The topological polar surface area (TPSA) is 123 Å². The van der Waals surface area contributed by atoms with Gasteiger partial charge < -0.3 is 10.8 Å². The zero-order valence-electron chi connectivity index (χ0n) is 14.4. The Hall–Kier alpha value is -4.01. The van der Waals surface area contributed by atoms with Gasteiger partial charge in [-0.2, -0.15) is 0 Å². The molecule has 1 amide bonds. The Morgan fingerprint density at radius 3 is 2.43 bits per heavy atom. The molecule has 0 unspecified atom stereocenters. The molecule has 3 rings (SSSR count). The van der Waals surface area contributed by atoms with Crippen molar-refractivity contribution in [2.45, 2.75) is 6.54 Å². The summed E-state index contributed by atoms with van der Waals surface area (Å²) in [4.78, 5) is 27.3. The Kier molecular flexibility index (Phi) is 5.16. The maximum absolute atomic E-state index is 14.2. The maximum Gasteiger partial charge on any atom is 0.412 e. The number of nitrogens with zero attached hydrogens (tertiary/aromatic N) is 3. The number of halogens is 1. The largest absolute Gasteiger partial charge is 0.465 e. The first-order valence-corrected chi connectivity index (χ1v) is 8.12. The zero-order valence-corrected chi connectivity index (χ0v) is 14.4. The summed E-state index contributed by atoms with van der Waals surface area (Å²) >= 11 is 0. The van der Waals surface area contributed by atoms with Crippen LogP contribution in [0, 0.1) is 15.9 Å². The van der Waals surface area contributed by atoms with Gasteiger partial charge in [0.25, 0.3) is 0 Å². The van der Waals surface area contributed by atoms with Crippen LogP contribution in [0.1, 0.15) is 5.56 Å². The van der Waals surface area contributed by atoms with E-state index in [1.54, 1.807) is 36.4 Å². The molecule has 3 aromatic rings. The van der Waals surface area contributed by atoms with E-state index in [4.69, 9.17) is 5.73 Å². The number of pyridine rings is 1. The molecule has 9 heteroatoms. The van der Waals surface area contributed by atoms with Crippen molar-refractivity contribution >= 4 is 23.3 Å². The van der Waals surface area contributed by atoms with E-state index in [2.05, 4.69) is 4.98 Å². The molecule has 0 atom stereocenters. The quantitative estimate of drug-likeness (QED) is 0.507. The van der Waals surface area contributed by atoms with E-state index in [0.717, 1.165) is 11.0 Å². The standard InChI is InChI=1S/C19H15FN4O4/c20-14-9-5-4-8-13(14)15-10-16(17(24(27)28)18(21)22-15)23(19(25)26)11-12-6-2-1-3-7-12/h1-10H,11H2,(H2,21,22)(H,25,26). The number of aromatic nitrogens is 1. The van der Waals surface area contributed by atoms with E-state index < -0.39 is 28.3 Å². The SMILES string of the molecule is Nc1nc(-c2ccccc2F)cc(N(Cc2ccccc2)C(=O)O)c1[N+](=O)[O-]. The fraction of sp³-hybridized carbons (Fsp3) is 0.0526. The number of nitro groups is 1. The minimum absolute atomic E-state index is 0.00416. The predicted molar refractivity (Wildman–Crippen MR) is 101 cm³/mol. The van der Waals surface area contributed by atoms with Crippen molar-refractivity contribution in [2.75, 3.05) is 10.6 Å². The number of nitrogens with two attached hydrogens (primary N) is 1. The highest BCUT2D eigenvalue weighted by Crippen LogP contribution is 2.37. The molecule has 3 N–H and O–H groups in total. The molecule has 0 aliphatic carbocycles. The van der Waals surface area contributed by atoms with Gasteiger partial charge in [-0.15, -0.1) is 0 Å². The van der Waals surface area contributed by atoms with E-state index in [1.807, 2.05) is 0 Å². The number of benzene rings is 2. The van der Waals surface area contributed by atoms with Crippen molar-refractivity contribution in [3.8, 4) is 11.3 Å². The minimum Gasteiger partial charge on any atom is -0.465 e. The van der Waals surface area contributed by atoms with E-state index in [-0.39, 0.29) is 23.5 Å². The summed E-state index contributed by atoms with van der Waals surface area (Å²) in [5, 5.41) is 21.2. The lowest BCUT2D eigenvalue weighted by molar-refractivity contribution is -0.383. The number of hydrogen-bond donors (Lipinski definition) is 2. The van der Waals surface area contributed by atoms with Gasteiger partial charge in [0.15, 0.2) is 0 Å². The molecule has 0 fully saturated rings. The number of nitrogen functional groups attached to an aromatic ring is 1. The average molecular weight is 382 g/mol. The fourth-order valence-corrected chi connectivity index (χ4v) is 2.77. The van der Waals surface area contributed by atoms with Gasteiger partial charge in [-0.1, -0.05) is 42.5 Å². The minimum atomic E-state index is -1.42. The Morgan fingerprint density at radius 2 is 1.82 bits per heavy atom. The molecule has 0 saturated carbocycles. The van der Waals surface area contributed by atoms with Gasteiger partial charge in [-0.3, -0.25) is 15.0 Å². The highest BCUT2D eigenvalue weighted by atomic mass is 19.1. The predicted octanol–water partition coefficient (Wildman–Crippen LogP) is 4.06. The third-order valence-corrected chi connectivity index (χ3v) is 4.04. The van der Waals surface area contributed by atoms with Crippen molar-refractivity contribution in [3.63, 3.8) is 0 Å². The lowest BCUT2D eigenvalue weighted by Crippen LogP contribution is -2.29. The molecule has 1 heterocycles.